The third-order valence-electron chi connectivity index (χ3n) is 3.03. The largest absolute Gasteiger partial charge is 0.345 e. The molecule has 2 N–H and O–H groups in total. The number of aromatic amines is 1. The fourth-order valence-electron chi connectivity index (χ4n) is 1.94. The lowest BCUT2D eigenvalue weighted by Crippen LogP contribution is -2.27. The molecule has 7 heteroatoms. The van der Waals surface area contributed by atoms with Crippen molar-refractivity contribution in [1.82, 2.24) is 15.5 Å². The molecule has 0 spiro atoms. The number of amides is 1. The van der Waals surface area contributed by atoms with Crippen LogP contribution < -0.4 is 5.32 Å². The number of hydrogen-bond donors (Lipinski definition) is 2. The van der Waals surface area contributed by atoms with Crippen molar-refractivity contribution < 1.29 is 9.72 Å². The molecule has 0 saturated carbocycles. The highest BCUT2D eigenvalue weighted by Crippen LogP contribution is 2.23. The molecule has 2 aromatic rings. The number of nitrogens with zero attached hydrogens (tertiary/aromatic N) is 2. The van der Waals surface area contributed by atoms with E-state index in [1.165, 1.54) is 6.07 Å². The quantitative estimate of drug-likeness (QED) is 0.658. The van der Waals surface area contributed by atoms with Crippen LogP contribution in [0.4, 0.5) is 5.69 Å². The number of aromatic nitrogens is 2. The van der Waals surface area contributed by atoms with Crippen LogP contribution in [0.15, 0.2) is 30.6 Å². The summed E-state index contributed by atoms with van der Waals surface area (Å²) in [5, 5.41) is 20.2. The van der Waals surface area contributed by atoms with Gasteiger partial charge in [0.05, 0.1) is 17.2 Å². The predicted octanol–water partition coefficient (Wildman–Crippen LogP) is 2.12. The van der Waals surface area contributed by atoms with Gasteiger partial charge in [-0.3, -0.25) is 20.0 Å². The molecule has 7 nitrogen and oxygen atoms in total. The molecular formula is C13H14N4O3. The van der Waals surface area contributed by atoms with E-state index in [4.69, 9.17) is 0 Å². The molecule has 0 aliphatic heterocycles. The first-order chi connectivity index (χ1) is 9.50. The third-order valence-corrected chi connectivity index (χ3v) is 3.03. The van der Waals surface area contributed by atoms with Crippen LogP contribution in [-0.4, -0.2) is 21.0 Å². The molecule has 20 heavy (non-hydrogen) atoms. The minimum Gasteiger partial charge on any atom is -0.345 e. The van der Waals surface area contributed by atoms with Crippen molar-refractivity contribution in [2.45, 2.75) is 19.9 Å². The highest BCUT2D eigenvalue weighted by molar-refractivity contribution is 5.98. The lowest BCUT2D eigenvalue weighted by Gasteiger charge is -2.12. The Morgan fingerprint density at radius 3 is 2.85 bits per heavy atom. The molecule has 0 radical (unpaired) electrons. The third kappa shape index (κ3) is 2.66. The van der Waals surface area contributed by atoms with E-state index in [0.29, 0.717) is 5.56 Å². The molecule has 1 unspecified atom stereocenters. The normalized spacial score (nSPS) is 11.9. The second-order valence-electron chi connectivity index (χ2n) is 4.45. The van der Waals surface area contributed by atoms with Gasteiger partial charge < -0.3 is 5.32 Å². The standard InChI is InChI=1S/C13H14N4O3/c1-8-4-3-5-11(12(8)17(19)20)13(18)16-9(2)10-6-14-15-7-10/h3-7,9H,1-2H3,(H,14,15)(H,16,18). The van der Waals surface area contributed by atoms with E-state index in [-0.39, 0.29) is 17.3 Å². The second kappa shape index (κ2) is 5.52. The van der Waals surface area contributed by atoms with Crippen LogP contribution in [0.2, 0.25) is 0 Å². The van der Waals surface area contributed by atoms with E-state index in [0.717, 1.165) is 5.56 Å². The number of benzene rings is 1. The van der Waals surface area contributed by atoms with Gasteiger partial charge in [0.15, 0.2) is 0 Å². The average Bonchev–Trinajstić information content (AvgIpc) is 2.91. The molecule has 1 amide bonds. The Hall–Kier alpha value is -2.70. The summed E-state index contributed by atoms with van der Waals surface area (Å²) in [6.07, 6.45) is 3.26. The number of carbonyl (C=O) groups excluding carboxylic acids is 1. The number of hydrogen-bond acceptors (Lipinski definition) is 4. The zero-order chi connectivity index (χ0) is 14.7. The fourth-order valence-corrected chi connectivity index (χ4v) is 1.94. The number of nitro groups is 1. The number of rotatable bonds is 4. The molecular weight excluding hydrogens is 260 g/mol. The molecule has 0 aliphatic rings. The Morgan fingerprint density at radius 1 is 1.50 bits per heavy atom. The van der Waals surface area contributed by atoms with Gasteiger partial charge in [-0.1, -0.05) is 12.1 Å². The number of nitrogens with one attached hydrogen (secondary N) is 2. The molecule has 0 aliphatic carbocycles. The Morgan fingerprint density at radius 2 is 2.25 bits per heavy atom. The Kier molecular flexibility index (Phi) is 3.79. The average molecular weight is 274 g/mol. The zero-order valence-electron chi connectivity index (χ0n) is 11.1. The van der Waals surface area contributed by atoms with Crippen LogP contribution in [0, 0.1) is 17.0 Å². The summed E-state index contributed by atoms with van der Waals surface area (Å²) in [6, 6.07) is 4.39. The first-order valence-corrected chi connectivity index (χ1v) is 6.04. The van der Waals surface area contributed by atoms with E-state index in [1.54, 1.807) is 38.4 Å². The van der Waals surface area contributed by atoms with Crippen molar-refractivity contribution >= 4 is 11.6 Å². The van der Waals surface area contributed by atoms with Crippen molar-refractivity contribution in [2.24, 2.45) is 0 Å². The first kappa shape index (κ1) is 13.7. The molecule has 1 heterocycles. The molecule has 1 atom stereocenters. The monoisotopic (exact) mass is 274 g/mol. The van der Waals surface area contributed by atoms with Crippen LogP contribution in [0.1, 0.15) is 34.5 Å². The van der Waals surface area contributed by atoms with Crippen LogP contribution in [0.3, 0.4) is 0 Å². The summed E-state index contributed by atoms with van der Waals surface area (Å²) in [5.41, 5.74) is 1.15. The molecule has 0 bridgehead atoms. The van der Waals surface area contributed by atoms with E-state index >= 15 is 0 Å². The van der Waals surface area contributed by atoms with Gasteiger partial charge in [0.2, 0.25) is 0 Å². The number of nitro benzene ring substituents is 1. The predicted molar refractivity (Wildman–Crippen MR) is 72.3 cm³/mol. The number of para-hydroxylation sites is 1. The number of carbonyl (C=O) groups is 1. The Bertz CT molecular complexity index is 637. The minimum absolute atomic E-state index is 0.0605. The van der Waals surface area contributed by atoms with Gasteiger partial charge in [-0.2, -0.15) is 5.10 Å². The lowest BCUT2D eigenvalue weighted by molar-refractivity contribution is -0.385. The summed E-state index contributed by atoms with van der Waals surface area (Å²) in [4.78, 5) is 22.7. The van der Waals surface area contributed by atoms with E-state index in [9.17, 15) is 14.9 Å². The van der Waals surface area contributed by atoms with Gasteiger partial charge in [-0.25, -0.2) is 0 Å². The molecule has 0 fully saturated rings. The smallest absolute Gasteiger partial charge is 0.285 e. The lowest BCUT2D eigenvalue weighted by atomic mass is 10.1. The SMILES string of the molecule is Cc1cccc(C(=O)NC(C)c2cn[nH]c2)c1[N+](=O)[O-]. The first-order valence-electron chi connectivity index (χ1n) is 6.04. The topological polar surface area (TPSA) is 101 Å². The van der Waals surface area contributed by atoms with E-state index in [1.807, 2.05) is 0 Å². The van der Waals surface area contributed by atoms with Crippen molar-refractivity contribution in [2.75, 3.05) is 0 Å². The minimum atomic E-state index is -0.535. The second-order valence-corrected chi connectivity index (χ2v) is 4.45. The zero-order valence-corrected chi connectivity index (χ0v) is 11.1. The van der Waals surface area contributed by atoms with Crippen LogP contribution in [0.25, 0.3) is 0 Å². The van der Waals surface area contributed by atoms with Gasteiger partial charge in [-0.05, 0) is 19.9 Å². The van der Waals surface area contributed by atoms with Crippen molar-refractivity contribution in [3.8, 4) is 0 Å². The summed E-state index contributed by atoms with van der Waals surface area (Å²) in [6.45, 7) is 3.39. The van der Waals surface area contributed by atoms with Gasteiger partial charge in [0.25, 0.3) is 11.6 Å². The summed E-state index contributed by atoms with van der Waals surface area (Å²) in [5.74, 6) is -0.478. The maximum atomic E-state index is 12.2. The van der Waals surface area contributed by atoms with Crippen molar-refractivity contribution in [3.63, 3.8) is 0 Å². The van der Waals surface area contributed by atoms with E-state index in [2.05, 4.69) is 15.5 Å². The van der Waals surface area contributed by atoms with Crippen LogP contribution in [0.5, 0.6) is 0 Å². The fraction of sp³-hybridized carbons (Fsp3) is 0.231. The Balaban J connectivity index is 2.26. The van der Waals surface area contributed by atoms with Crippen LogP contribution >= 0.6 is 0 Å². The summed E-state index contributed by atoms with van der Waals surface area (Å²) < 4.78 is 0. The van der Waals surface area contributed by atoms with Crippen molar-refractivity contribution in [3.05, 3.63) is 57.4 Å². The molecule has 2 rings (SSSR count). The molecule has 1 aromatic heterocycles. The maximum Gasteiger partial charge on any atom is 0.285 e. The Labute approximate surface area is 115 Å². The van der Waals surface area contributed by atoms with E-state index < -0.39 is 10.8 Å². The molecule has 0 saturated heterocycles. The van der Waals surface area contributed by atoms with Gasteiger partial charge in [0.1, 0.15) is 5.56 Å². The highest BCUT2D eigenvalue weighted by Gasteiger charge is 2.23. The number of aryl methyl sites for hydroxylation is 1. The van der Waals surface area contributed by atoms with Crippen LogP contribution in [-0.2, 0) is 0 Å². The van der Waals surface area contributed by atoms with Gasteiger partial charge in [-0.15, -0.1) is 0 Å². The molecule has 104 valence electrons. The molecule has 1 aromatic carbocycles. The maximum absolute atomic E-state index is 12.2. The van der Waals surface area contributed by atoms with Gasteiger partial charge in [0, 0.05) is 17.3 Å². The van der Waals surface area contributed by atoms with Crippen molar-refractivity contribution in [1.29, 1.82) is 0 Å². The summed E-state index contributed by atoms with van der Waals surface area (Å²) >= 11 is 0. The summed E-state index contributed by atoms with van der Waals surface area (Å²) in [7, 11) is 0. The van der Waals surface area contributed by atoms with Gasteiger partial charge >= 0.3 is 0 Å². The number of H-pyrrole nitrogens is 1. The highest BCUT2D eigenvalue weighted by atomic mass is 16.6.